The van der Waals surface area contributed by atoms with Crippen LogP contribution in [0.3, 0.4) is 0 Å². The van der Waals surface area contributed by atoms with E-state index < -0.39 is 10.0 Å². The van der Waals surface area contributed by atoms with Crippen LogP contribution < -0.4 is 5.32 Å². The quantitative estimate of drug-likeness (QED) is 0.561. The van der Waals surface area contributed by atoms with Gasteiger partial charge >= 0.3 is 0 Å². The molecule has 0 aromatic heterocycles. The Labute approximate surface area is 119 Å². The van der Waals surface area contributed by atoms with Gasteiger partial charge in [0.1, 0.15) is 0 Å². The second-order valence-corrected chi connectivity index (χ2v) is 7.51. The molecule has 1 aliphatic carbocycles. The summed E-state index contributed by atoms with van der Waals surface area (Å²) < 4.78 is 26.4. The highest BCUT2D eigenvalue weighted by atomic mass is 32.2. The lowest BCUT2D eigenvalue weighted by Gasteiger charge is -2.21. The van der Waals surface area contributed by atoms with Gasteiger partial charge in [-0.05, 0) is 51.6 Å². The van der Waals surface area contributed by atoms with E-state index in [1.807, 2.05) is 0 Å². The fraction of sp³-hybridized carbons (Fsp3) is 1.00. The molecule has 5 heteroatoms. The Hall–Kier alpha value is -0.130. The van der Waals surface area contributed by atoms with Crippen LogP contribution in [0.2, 0.25) is 0 Å². The first-order valence-electron chi connectivity index (χ1n) is 7.82. The van der Waals surface area contributed by atoms with Gasteiger partial charge in [-0.3, -0.25) is 0 Å². The van der Waals surface area contributed by atoms with Crippen LogP contribution in [0, 0.1) is 0 Å². The molecule has 0 amide bonds. The van der Waals surface area contributed by atoms with Gasteiger partial charge < -0.3 is 5.32 Å². The van der Waals surface area contributed by atoms with Crippen LogP contribution in [0.5, 0.6) is 0 Å². The fourth-order valence-electron chi connectivity index (χ4n) is 2.18. The third-order valence-electron chi connectivity index (χ3n) is 3.48. The maximum atomic E-state index is 12.3. The Balaban J connectivity index is 2.27. The van der Waals surface area contributed by atoms with Gasteiger partial charge in [0.2, 0.25) is 10.0 Å². The van der Waals surface area contributed by atoms with E-state index in [0.29, 0.717) is 11.8 Å². The zero-order chi connectivity index (χ0) is 14.1. The monoisotopic (exact) mass is 290 g/mol. The van der Waals surface area contributed by atoms with Gasteiger partial charge in [0.15, 0.2) is 0 Å². The number of unbranched alkanes of at least 4 members (excludes halogenated alkanes) is 2. The minimum absolute atomic E-state index is 0.315. The third kappa shape index (κ3) is 6.72. The van der Waals surface area contributed by atoms with Gasteiger partial charge in [0.05, 0.1) is 5.75 Å². The molecule has 0 unspecified atom stereocenters. The summed E-state index contributed by atoms with van der Waals surface area (Å²) in [5, 5.41) is 3.31. The number of hydrogen-bond acceptors (Lipinski definition) is 3. The van der Waals surface area contributed by atoms with Crippen molar-refractivity contribution in [2.45, 2.75) is 64.8 Å². The summed E-state index contributed by atoms with van der Waals surface area (Å²) in [5.41, 5.74) is 0. The second kappa shape index (κ2) is 8.93. The van der Waals surface area contributed by atoms with Crippen LogP contribution in [-0.2, 0) is 10.0 Å². The Morgan fingerprint density at radius 3 is 2.37 bits per heavy atom. The van der Waals surface area contributed by atoms with Crippen LogP contribution in [-0.4, -0.2) is 44.2 Å². The van der Waals surface area contributed by atoms with Crippen molar-refractivity contribution < 1.29 is 8.42 Å². The zero-order valence-electron chi connectivity index (χ0n) is 12.5. The smallest absolute Gasteiger partial charge is 0.214 e. The van der Waals surface area contributed by atoms with E-state index in [4.69, 9.17) is 0 Å². The third-order valence-corrected chi connectivity index (χ3v) is 5.48. The average Bonchev–Trinajstić information content (AvgIpc) is 3.18. The minimum atomic E-state index is -3.02. The standard InChI is InChI=1S/C14H30N2O2S/c1-3-5-12-16(14-8-9-14)19(17,18)13-7-6-11-15-10-4-2/h14-15H,3-13H2,1-2H3. The SMILES string of the molecule is CCCCN(C1CC1)S(=O)(=O)CCCCNCCC. The molecule has 0 aliphatic heterocycles. The number of nitrogens with zero attached hydrogens (tertiary/aromatic N) is 1. The molecule has 0 aromatic rings. The van der Waals surface area contributed by atoms with Crippen molar-refractivity contribution >= 4 is 10.0 Å². The van der Waals surface area contributed by atoms with Crippen molar-refractivity contribution in [3.63, 3.8) is 0 Å². The fourth-order valence-corrected chi connectivity index (χ4v) is 4.05. The highest BCUT2D eigenvalue weighted by molar-refractivity contribution is 7.89. The van der Waals surface area contributed by atoms with Crippen molar-refractivity contribution in [1.82, 2.24) is 9.62 Å². The summed E-state index contributed by atoms with van der Waals surface area (Å²) in [6.45, 7) is 6.92. The first-order valence-corrected chi connectivity index (χ1v) is 9.43. The molecule has 114 valence electrons. The molecule has 1 rings (SSSR count). The summed E-state index contributed by atoms with van der Waals surface area (Å²) in [5.74, 6) is 0.320. The van der Waals surface area contributed by atoms with Gasteiger partial charge in [-0.15, -0.1) is 0 Å². The lowest BCUT2D eigenvalue weighted by Crippen LogP contribution is -2.36. The molecule has 0 spiro atoms. The van der Waals surface area contributed by atoms with E-state index in [0.717, 1.165) is 64.6 Å². The van der Waals surface area contributed by atoms with Gasteiger partial charge in [0.25, 0.3) is 0 Å². The number of sulfonamides is 1. The van der Waals surface area contributed by atoms with Crippen molar-refractivity contribution in [3.05, 3.63) is 0 Å². The number of nitrogens with one attached hydrogen (secondary N) is 1. The molecular formula is C14H30N2O2S. The van der Waals surface area contributed by atoms with Crippen molar-refractivity contribution in [3.8, 4) is 0 Å². The van der Waals surface area contributed by atoms with Gasteiger partial charge in [-0.25, -0.2) is 8.42 Å². The molecule has 1 fully saturated rings. The molecule has 4 nitrogen and oxygen atoms in total. The van der Waals surface area contributed by atoms with E-state index >= 15 is 0 Å². The molecular weight excluding hydrogens is 260 g/mol. The highest BCUT2D eigenvalue weighted by Gasteiger charge is 2.36. The summed E-state index contributed by atoms with van der Waals surface area (Å²) in [6.07, 6.45) is 7.00. The summed E-state index contributed by atoms with van der Waals surface area (Å²) in [4.78, 5) is 0. The molecule has 0 heterocycles. The average molecular weight is 290 g/mol. The Kier molecular flexibility index (Phi) is 7.95. The first-order chi connectivity index (χ1) is 9.11. The van der Waals surface area contributed by atoms with Crippen LogP contribution in [0.25, 0.3) is 0 Å². The molecule has 0 saturated heterocycles. The minimum Gasteiger partial charge on any atom is -0.317 e. The lowest BCUT2D eigenvalue weighted by molar-refractivity contribution is 0.394. The van der Waals surface area contributed by atoms with Crippen LogP contribution in [0.15, 0.2) is 0 Å². The molecule has 1 N–H and O–H groups in total. The second-order valence-electron chi connectivity index (χ2n) is 5.47. The Morgan fingerprint density at radius 1 is 1.05 bits per heavy atom. The van der Waals surface area contributed by atoms with Crippen LogP contribution in [0.4, 0.5) is 0 Å². The van der Waals surface area contributed by atoms with E-state index in [-0.39, 0.29) is 0 Å². The highest BCUT2D eigenvalue weighted by Crippen LogP contribution is 2.30. The summed E-state index contributed by atoms with van der Waals surface area (Å²) in [7, 11) is -3.02. The van der Waals surface area contributed by atoms with Gasteiger partial charge in [-0.1, -0.05) is 20.3 Å². The van der Waals surface area contributed by atoms with Gasteiger partial charge in [-0.2, -0.15) is 4.31 Å². The summed E-state index contributed by atoms with van der Waals surface area (Å²) in [6, 6.07) is 0.315. The first kappa shape index (κ1) is 16.9. The maximum Gasteiger partial charge on any atom is 0.214 e. The molecule has 0 atom stereocenters. The molecule has 1 saturated carbocycles. The number of rotatable bonds is 12. The predicted molar refractivity (Wildman–Crippen MR) is 80.8 cm³/mol. The van der Waals surface area contributed by atoms with Crippen molar-refractivity contribution in [2.24, 2.45) is 0 Å². The normalized spacial score (nSPS) is 16.2. The summed E-state index contributed by atoms with van der Waals surface area (Å²) >= 11 is 0. The van der Waals surface area contributed by atoms with Crippen LogP contribution >= 0.6 is 0 Å². The zero-order valence-corrected chi connectivity index (χ0v) is 13.3. The molecule has 0 radical (unpaired) electrons. The van der Waals surface area contributed by atoms with Crippen molar-refractivity contribution in [2.75, 3.05) is 25.4 Å². The lowest BCUT2D eigenvalue weighted by atomic mass is 10.3. The molecule has 0 bridgehead atoms. The van der Waals surface area contributed by atoms with Gasteiger partial charge in [0, 0.05) is 12.6 Å². The van der Waals surface area contributed by atoms with E-state index in [1.54, 1.807) is 4.31 Å². The predicted octanol–water partition coefficient (Wildman–Crippen LogP) is 2.36. The Morgan fingerprint density at radius 2 is 1.79 bits per heavy atom. The van der Waals surface area contributed by atoms with E-state index in [2.05, 4.69) is 19.2 Å². The van der Waals surface area contributed by atoms with E-state index in [1.165, 1.54) is 0 Å². The largest absolute Gasteiger partial charge is 0.317 e. The molecule has 1 aliphatic rings. The molecule has 0 aromatic carbocycles. The maximum absolute atomic E-state index is 12.3. The molecule has 19 heavy (non-hydrogen) atoms. The number of hydrogen-bond donors (Lipinski definition) is 1. The topological polar surface area (TPSA) is 49.4 Å². The van der Waals surface area contributed by atoms with E-state index in [9.17, 15) is 8.42 Å². The van der Waals surface area contributed by atoms with Crippen molar-refractivity contribution in [1.29, 1.82) is 0 Å². The van der Waals surface area contributed by atoms with Crippen LogP contribution in [0.1, 0.15) is 58.8 Å². The Bertz CT molecular complexity index is 326.